The van der Waals surface area contributed by atoms with Gasteiger partial charge in [-0.1, -0.05) is 18.2 Å². The Bertz CT molecular complexity index is 1270. The number of piperazine rings is 1. The summed E-state index contributed by atoms with van der Waals surface area (Å²) in [6.07, 6.45) is -4.64. The van der Waals surface area contributed by atoms with Gasteiger partial charge in [0.25, 0.3) is 10.0 Å². The number of benzene rings is 2. The maximum Gasteiger partial charge on any atom is 0.416 e. The zero-order valence-corrected chi connectivity index (χ0v) is 18.2. The fraction of sp³-hybridized carbons (Fsp3) is 0.316. The maximum absolute atomic E-state index is 12.9. The van der Waals surface area contributed by atoms with E-state index in [9.17, 15) is 30.0 Å². The molecule has 8 nitrogen and oxygen atoms in total. The molecule has 0 amide bonds. The standard InChI is InChI=1S/C19H19F3N4O4S2/c20-19(21,22)14-4-3-5-15(12-14)32(29,30)26-10-8-25(9-11-26)13-18-23-16-6-1-2-7-17(16)31(27,28)24-18/h1-7,12H,8-11,13H2,(H,23,24). The van der Waals surface area contributed by atoms with Gasteiger partial charge in [0.15, 0.2) is 0 Å². The molecule has 0 unspecified atom stereocenters. The highest BCUT2D eigenvalue weighted by Crippen LogP contribution is 2.31. The third-order valence-corrected chi connectivity index (χ3v) is 8.45. The van der Waals surface area contributed by atoms with Gasteiger partial charge in [0.1, 0.15) is 10.7 Å². The minimum Gasteiger partial charge on any atom is -0.341 e. The Morgan fingerprint density at radius 1 is 1.00 bits per heavy atom. The average Bonchev–Trinajstić information content (AvgIpc) is 2.73. The Kier molecular flexibility index (Phi) is 5.77. The second-order valence-electron chi connectivity index (χ2n) is 7.34. The van der Waals surface area contributed by atoms with Crippen LogP contribution in [0.5, 0.6) is 0 Å². The number of sulfonamides is 2. The van der Waals surface area contributed by atoms with Crippen molar-refractivity contribution in [2.24, 2.45) is 4.40 Å². The van der Waals surface area contributed by atoms with Crippen LogP contribution in [0.1, 0.15) is 5.56 Å². The van der Waals surface area contributed by atoms with Crippen molar-refractivity contribution in [2.75, 3.05) is 38.0 Å². The van der Waals surface area contributed by atoms with Gasteiger partial charge in [-0.05, 0) is 30.3 Å². The summed E-state index contributed by atoms with van der Waals surface area (Å²) in [4.78, 5) is 1.50. The van der Waals surface area contributed by atoms with Crippen LogP contribution in [0.4, 0.5) is 18.9 Å². The van der Waals surface area contributed by atoms with Crippen molar-refractivity contribution in [3.63, 3.8) is 0 Å². The van der Waals surface area contributed by atoms with Crippen molar-refractivity contribution in [3.05, 3.63) is 54.1 Å². The molecule has 0 radical (unpaired) electrons. The van der Waals surface area contributed by atoms with Crippen LogP contribution in [0, 0.1) is 0 Å². The number of anilines is 1. The van der Waals surface area contributed by atoms with Crippen LogP contribution in [0.15, 0.2) is 62.7 Å². The number of halogens is 3. The molecule has 0 aromatic heterocycles. The van der Waals surface area contributed by atoms with Gasteiger partial charge < -0.3 is 5.32 Å². The molecular weight excluding hydrogens is 469 g/mol. The van der Waals surface area contributed by atoms with Crippen LogP contribution in [0.2, 0.25) is 0 Å². The molecule has 172 valence electrons. The molecule has 2 heterocycles. The molecule has 0 aliphatic carbocycles. The first kappa shape index (κ1) is 22.7. The lowest BCUT2D eigenvalue weighted by atomic mass is 10.2. The molecule has 0 bridgehead atoms. The van der Waals surface area contributed by atoms with Crippen molar-refractivity contribution in [3.8, 4) is 0 Å². The first-order chi connectivity index (χ1) is 15.0. The number of nitrogens with zero attached hydrogens (tertiary/aromatic N) is 3. The lowest BCUT2D eigenvalue weighted by Gasteiger charge is -2.34. The largest absolute Gasteiger partial charge is 0.416 e. The van der Waals surface area contributed by atoms with Crippen LogP contribution in [-0.4, -0.2) is 64.6 Å². The van der Waals surface area contributed by atoms with E-state index < -0.39 is 36.7 Å². The van der Waals surface area contributed by atoms with E-state index in [2.05, 4.69) is 9.71 Å². The summed E-state index contributed by atoms with van der Waals surface area (Å²) < 4.78 is 94.1. The zero-order chi connectivity index (χ0) is 23.1. The Morgan fingerprint density at radius 2 is 1.69 bits per heavy atom. The van der Waals surface area contributed by atoms with E-state index in [1.54, 1.807) is 18.2 Å². The highest BCUT2D eigenvalue weighted by Gasteiger charge is 2.34. The Hall–Kier alpha value is -2.48. The molecule has 2 aliphatic heterocycles. The van der Waals surface area contributed by atoms with Gasteiger partial charge in [-0.15, -0.1) is 4.40 Å². The van der Waals surface area contributed by atoms with Gasteiger partial charge in [0.2, 0.25) is 10.0 Å². The first-order valence-corrected chi connectivity index (χ1v) is 12.4. The fourth-order valence-corrected chi connectivity index (χ4v) is 6.17. The quantitative estimate of drug-likeness (QED) is 0.709. The summed E-state index contributed by atoms with van der Waals surface area (Å²) in [5.74, 6) is 0.220. The van der Waals surface area contributed by atoms with E-state index in [4.69, 9.17) is 0 Å². The smallest absolute Gasteiger partial charge is 0.341 e. The Labute approximate surface area is 183 Å². The van der Waals surface area contributed by atoms with Crippen molar-refractivity contribution in [1.82, 2.24) is 9.21 Å². The van der Waals surface area contributed by atoms with Crippen LogP contribution in [-0.2, 0) is 26.2 Å². The van der Waals surface area contributed by atoms with E-state index >= 15 is 0 Å². The predicted octanol–water partition coefficient (Wildman–Crippen LogP) is 2.22. The molecule has 1 N–H and O–H groups in total. The maximum atomic E-state index is 12.9. The van der Waals surface area contributed by atoms with Gasteiger partial charge in [-0.25, -0.2) is 8.42 Å². The number of rotatable bonds is 4. The molecule has 2 aromatic rings. The van der Waals surface area contributed by atoms with E-state index in [0.29, 0.717) is 11.8 Å². The van der Waals surface area contributed by atoms with Crippen LogP contribution in [0.25, 0.3) is 0 Å². The SMILES string of the molecule is O=S1(=O)N=C(CN2CCN(S(=O)(=O)c3cccc(C(F)(F)F)c3)CC2)Nc2ccccc21. The molecule has 13 heteroatoms. The topological polar surface area (TPSA) is 99.2 Å². The van der Waals surface area contributed by atoms with Gasteiger partial charge in [0.05, 0.1) is 22.7 Å². The number of hydrogen-bond acceptors (Lipinski definition) is 6. The summed E-state index contributed by atoms with van der Waals surface area (Å²) in [7, 11) is -7.92. The third kappa shape index (κ3) is 4.51. The first-order valence-electron chi connectivity index (χ1n) is 9.56. The molecule has 1 fully saturated rings. The summed E-state index contributed by atoms with van der Waals surface area (Å²) in [5.41, 5.74) is -0.608. The lowest BCUT2D eigenvalue weighted by Crippen LogP contribution is -2.50. The van der Waals surface area contributed by atoms with Crippen LogP contribution >= 0.6 is 0 Å². The second-order valence-corrected chi connectivity index (χ2v) is 10.9. The number of nitrogens with one attached hydrogen (secondary N) is 1. The Morgan fingerprint density at radius 3 is 2.38 bits per heavy atom. The van der Waals surface area contributed by atoms with Gasteiger partial charge in [0, 0.05) is 26.2 Å². The van der Waals surface area contributed by atoms with Gasteiger partial charge >= 0.3 is 6.18 Å². The zero-order valence-electron chi connectivity index (χ0n) is 16.6. The lowest BCUT2D eigenvalue weighted by molar-refractivity contribution is -0.137. The number of fused-ring (bicyclic) bond motifs is 1. The van der Waals surface area contributed by atoms with Crippen LogP contribution in [0.3, 0.4) is 0 Å². The number of amidine groups is 1. The second kappa shape index (κ2) is 8.14. The minimum absolute atomic E-state index is 0.0508. The summed E-state index contributed by atoms with van der Waals surface area (Å²) >= 11 is 0. The molecule has 0 saturated carbocycles. The van der Waals surface area contributed by atoms with Crippen LogP contribution < -0.4 is 5.32 Å². The van der Waals surface area contributed by atoms with Crippen molar-refractivity contribution < 1.29 is 30.0 Å². The van der Waals surface area contributed by atoms with Crippen molar-refractivity contribution >= 4 is 31.6 Å². The monoisotopic (exact) mass is 488 g/mol. The van der Waals surface area contributed by atoms with Gasteiger partial charge in [-0.2, -0.15) is 25.9 Å². The molecule has 1 saturated heterocycles. The van der Waals surface area contributed by atoms with Crippen molar-refractivity contribution in [2.45, 2.75) is 16.0 Å². The average molecular weight is 489 g/mol. The van der Waals surface area contributed by atoms with E-state index in [0.717, 1.165) is 22.5 Å². The number of hydrogen-bond donors (Lipinski definition) is 1. The molecule has 4 rings (SSSR count). The van der Waals surface area contributed by atoms with E-state index in [-0.39, 0.29) is 43.5 Å². The highest BCUT2D eigenvalue weighted by molar-refractivity contribution is 7.90. The van der Waals surface area contributed by atoms with E-state index in [1.165, 1.54) is 6.07 Å². The molecule has 0 spiro atoms. The molecule has 2 aromatic carbocycles. The fourth-order valence-electron chi connectivity index (χ4n) is 3.56. The summed E-state index contributed by atoms with van der Waals surface area (Å²) in [6, 6.07) is 10.0. The molecular formula is C19H19F3N4O4S2. The third-order valence-electron chi connectivity index (χ3n) is 5.18. The number of para-hydroxylation sites is 1. The molecule has 2 aliphatic rings. The highest BCUT2D eigenvalue weighted by atomic mass is 32.2. The van der Waals surface area contributed by atoms with E-state index in [1.807, 2.05) is 4.90 Å². The minimum atomic E-state index is -4.64. The summed E-state index contributed by atoms with van der Waals surface area (Å²) in [6.45, 7) is 0.788. The Balaban J connectivity index is 1.43. The number of alkyl halides is 3. The molecule has 0 atom stereocenters. The predicted molar refractivity (Wildman–Crippen MR) is 111 cm³/mol. The van der Waals surface area contributed by atoms with Crippen molar-refractivity contribution in [1.29, 1.82) is 0 Å². The molecule has 32 heavy (non-hydrogen) atoms. The van der Waals surface area contributed by atoms with Gasteiger partial charge in [-0.3, -0.25) is 4.90 Å². The normalized spacial score (nSPS) is 19.7. The summed E-state index contributed by atoms with van der Waals surface area (Å²) in [5, 5.41) is 2.98.